The molecule has 2 N–H and O–H groups in total. The van der Waals surface area contributed by atoms with Gasteiger partial charge in [0.25, 0.3) is 0 Å². The molecule has 0 saturated carbocycles. The fourth-order valence-electron chi connectivity index (χ4n) is 2.93. The Kier molecular flexibility index (Phi) is 5.78. The van der Waals surface area contributed by atoms with Crippen molar-refractivity contribution in [1.82, 2.24) is 4.98 Å². The van der Waals surface area contributed by atoms with Gasteiger partial charge in [0.15, 0.2) is 5.82 Å². The zero-order valence-electron chi connectivity index (χ0n) is 15.7. The van der Waals surface area contributed by atoms with Crippen LogP contribution in [0.15, 0.2) is 36.5 Å². The number of alkyl halides is 3. The van der Waals surface area contributed by atoms with Gasteiger partial charge in [-0.25, -0.2) is 23.4 Å². The lowest BCUT2D eigenvalue weighted by Gasteiger charge is -2.14. The van der Waals surface area contributed by atoms with E-state index in [1.807, 2.05) is 0 Å². The number of fused-ring (bicyclic) bond motifs is 3. The molecular formula is C20H13F5N2O4. The summed E-state index contributed by atoms with van der Waals surface area (Å²) in [7, 11) is 0. The monoisotopic (exact) mass is 440 g/mol. The summed E-state index contributed by atoms with van der Waals surface area (Å²) in [5.74, 6) is -3.53. The van der Waals surface area contributed by atoms with Crippen LogP contribution in [0, 0.1) is 11.6 Å². The standard InChI is InChI=1S/C20H13F5N2O4/c1-2-30-19(29)31-18(28)14(8-26)16-11-4-3-9(20(23,24)25)5-12(11)13-6-10(21)7-15(22)17(13)27-16/h3-8H,2,26H2,1H3. The summed E-state index contributed by atoms with van der Waals surface area (Å²) in [5, 5.41) is -0.572. The summed E-state index contributed by atoms with van der Waals surface area (Å²) in [6, 6.07) is 3.66. The Labute approximate surface area is 171 Å². The molecule has 1 aromatic heterocycles. The molecule has 0 aliphatic carbocycles. The van der Waals surface area contributed by atoms with Crippen LogP contribution in [0.5, 0.6) is 0 Å². The molecule has 31 heavy (non-hydrogen) atoms. The fraction of sp³-hybridized carbons (Fsp3) is 0.150. The van der Waals surface area contributed by atoms with Gasteiger partial charge in [0.05, 0.1) is 17.9 Å². The zero-order valence-corrected chi connectivity index (χ0v) is 15.7. The van der Waals surface area contributed by atoms with Gasteiger partial charge in [0, 0.05) is 23.0 Å². The Morgan fingerprint density at radius 2 is 1.81 bits per heavy atom. The highest BCUT2D eigenvalue weighted by molar-refractivity contribution is 6.23. The van der Waals surface area contributed by atoms with E-state index in [0.29, 0.717) is 24.4 Å². The SMILES string of the molecule is CCOC(=O)OC(=O)C(=CN)c1nc2c(F)cc(F)cc2c2cc(C(F)(F)F)ccc12. The van der Waals surface area contributed by atoms with Crippen LogP contribution in [0.1, 0.15) is 18.2 Å². The second-order valence-electron chi connectivity index (χ2n) is 6.16. The van der Waals surface area contributed by atoms with Crippen molar-refractivity contribution < 1.29 is 41.0 Å². The third-order valence-electron chi connectivity index (χ3n) is 4.22. The van der Waals surface area contributed by atoms with Gasteiger partial charge in [0.1, 0.15) is 16.9 Å². The van der Waals surface area contributed by atoms with Crippen molar-refractivity contribution in [3.63, 3.8) is 0 Å². The number of aromatic nitrogens is 1. The molecule has 0 aliphatic heterocycles. The van der Waals surface area contributed by atoms with Gasteiger partial charge >= 0.3 is 18.3 Å². The van der Waals surface area contributed by atoms with Crippen molar-refractivity contribution in [2.24, 2.45) is 5.73 Å². The third-order valence-corrected chi connectivity index (χ3v) is 4.22. The summed E-state index contributed by atoms with van der Waals surface area (Å²) in [4.78, 5) is 27.8. The fourth-order valence-corrected chi connectivity index (χ4v) is 2.93. The summed E-state index contributed by atoms with van der Waals surface area (Å²) < 4.78 is 76.8. The van der Waals surface area contributed by atoms with Crippen LogP contribution in [0.4, 0.5) is 26.7 Å². The topological polar surface area (TPSA) is 91.5 Å². The minimum absolute atomic E-state index is 0.0805. The van der Waals surface area contributed by atoms with E-state index in [1.165, 1.54) is 6.92 Å². The number of benzene rings is 2. The Morgan fingerprint density at radius 1 is 1.10 bits per heavy atom. The van der Waals surface area contributed by atoms with Crippen LogP contribution in [-0.4, -0.2) is 23.7 Å². The van der Waals surface area contributed by atoms with Gasteiger partial charge in [-0.2, -0.15) is 13.2 Å². The van der Waals surface area contributed by atoms with E-state index in [2.05, 4.69) is 14.5 Å². The molecule has 0 unspecified atom stereocenters. The van der Waals surface area contributed by atoms with Crippen LogP contribution in [0.3, 0.4) is 0 Å². The number of rotatable bonds is 3. The first-order chi connectivity index (χ1) is 14.6. The molecule has 162 valence electrons. The number of hydrogen-bond donors (Lipinski definition) is 1. The van der Waals surface area contributed by atoms with E-state index in [4.69, 9.17) is 5.73 Å². The van der Waals surface area contributed by atoms with Gasteiger partial charge in [-0.1, -0.05) is 6.07 Å². The van der Waals surface area contributed by atoms with Crippen molar-refractivity contribution >= 4 is 39.4 Å². The largest absolute Gasteiger partial charge is 0.516 e. The number of nitrogens with two attached hydrogens (primary N) is 1. The molecule has 3 rings (SSSR count). The molecule has 1 heterocycles. The van der Waals surface area contributed by atoms with Gasteiger partial charge in [0.2, 0.25) is 0 Å². The van der Waals surface area contributed by atoms with E-state index in [1.54, 1.807) is 0 Å². The van der Waals surface area contributed by atoms with Crippen molar-refractivity contribution in [2.75, 3.05) is 6.61 Å². The van der Waals surface area contributed by atoms with E-state index in [0.717, 1.165) is 12.1 Å². The second kappa shape index (κ2) is 8.17. The van der Waals surface area contributed by atoms with Crippen molar-refractivity contribution in [3.8, 4) is 0 Å². The molecule has 0 saturated heterocycles. The van der Waals surface area contributed by atoms with Crippen LogP contribution >= 0.6 is 0 Å². The quantitative estimate of drug-likeness (QED) is 0.209. The van der Waals surface area contributed by atoms with Gasteiger partial charge < -0.3 is 15.2 Å². The highest BCUT2D eigenvalue weighted by atomic mass is 19.4. The second-order valence-corrected chi connectivity index (χ2v) is 6.16. The van der Waals surface area contributed by atoms with Crippen LogP contribution in [-0.2, 0) is 20.4 Å². The molecule has 0 aliphatic rings. The van der Waals surface area contributed by atoms with E-state index in [-0.39, 0.29) is 28.5 Å². The number of carbonyl (C=O) groups excluding carboxylic acids is 2. The van der Waals surface area contributed by atoms with Crippen molar-refractivity contribution in [1.29, 1.82) is 0 Å². The Morgan fingerprint density at radius 3 is 2.42 bits per heavy atom. The maximum absolute atomic E-state index is 14.4. The van der Waals surface area contributed by atoms with Crippen molar-refractivity contribution in [3.05, 3.63) is 59.4 Å². The molecule has 0 atom stereocenters. The molecule has 11 heteroatoms. The first kappa shape index (κ1) is 21.9. The van der Waals surface area contributed by atoms with Crippen molar-refractivity contribution in [2.45, 2.75) is 13.1 Å². The molecule has 0 bridgehead atoms. The number of carbonyl (C=O) groups is 2. The van der Waals surface area contributed by atoms with Gasteiger partial charge in [-0.3, -0.25) is 0 Å². The molecule has 3 aromatic rings. The number of ether oxygens (including phenoxy) is 2. The predicted octanol–water partition coefficient (Wildman–Crippen LogP) is 4.68. The minimum Gasteiger partial charge on any atom is -0.434 e. The minimum atomic E-state index is -4.74. The average molecular weight is 440 g/mol. The Bertz CT molecular complexity index is 1240. The van der Waals surface area contributed by atoms with E-state index < -0.39 is 46.6 Å². The normalized spacial score (nSPS) is 12.3. The van der Waals surface area contributed by atoms with Crippen LogP contribution in [0.2, 0.25) is 0 Å². The number of hydrogen-bond acceptors (Lipinski definition) is 6. The number of pyridine rings is 1. The number of esters is 1. The maximum Gasteiger partial charge on any atom is 0.516 e. The Hall–Kier alpha value is -3.76. The summed E-state index contributed by atoms with van der Waals surface area (Å²) >= 11 is 0. The van der Waals surface area contributed by atoms with Crippen LogP contribution < -0.4 is 5.73 Å². The molecule has 6 nitrogen and oxygen atoms in total. The first-order valence-corrected chi connectivity index (χ1v) is 8.67. The van der Waals surface area contributed by atoms with Gasteiger partial charge in [-0.05, 0) is 30.5 Å². The highest BCUT2D eigenvalue weighted by Crippen LogP contribution is 2.37. The lowest BCUT2D eigenvalue weighted by molar-refractivity contribution is -0.137. The first-order valence-electron chi connectivity index (χ1n) is 8.67. The van der Waals surface area contributed by atoms with E-state index >= 15 is 0 Å². The maximum atomic E-state index is 14.4. The molecule has 0 radical (unpaired) electrons. The van der Waals surface area contributed by atoms with E-state index in [9.17, 15) is 31.5 Å². The number of halogens is 5. The Balaban J connectivity index is 2.32. The molecule has 2 aromatic carbocycles. The predicted molar refractivity (Wildman–Crippen MR) is 99.4 cm³/mol. The third kappa shape index (κ3) is 4.25. The summed E-state index contributed by atoms with van der Waals surface area (Å²) in [5.41, 5.74) is 2.97. The number of nitrogens with zero attached hydrogens (tertiary/aromatic N) is 1. The average Bonchev–Trinajstić information content (AvgIpc) is 2.68. The highest BCUT2D eigenvalue weighted by Gasteiger charge is 2.31. The lowest BCUT2D eigenvalue weighted by atomic mass is 9.98. The smallest absolute Gasteiger partial charge is 0.434 e. The zero-order chi connectivity index (χ0) is 22.9. The molecule has 0 fully saturated rings. The molecule has 0 amide bonds. The molecular weight excluding hydrogens is 427 g/mol. The van der Waals surface area contributed by atoms with Crippen LogP contribution in [0.25, 0.3) is 27.2 Å². The lowest BCUT2D eigenvalue weighted by Crippen LogP contribution is -2.17. The molecule has 0 spiro atoms. The summed E-state index contributed by atoms with van der Waals surface area (Å²) in [6.07, 6.45) is -5.39. The van der Waals surface area contributed by atoms with Gasteiger partial charge in [-0.15, -0.1) is 0 Å². The summed E-state index contributed by atoms with van der Waals surface area (Å²) in [6.45, 7) is 1.37.